The first-order chi connectivity index (χ1) is 5.72. The molecule has 0 radical (unpaired) electrons. The third kappa shape index (κ3) is 2.79. The molecule has 1 aliphatic heterocycles. The van der Waals surface area contributed by atoms with Crippen LogP contribution in [0.25, 0.3) is 0 Å². The Morgan fingerprint density at radius 2 is 2.42 bits per heavy atom. The summed E-state index contributed by atoms with van der Waals surface area (Å²) in [5.74, 6) is 0.0479. The number of hydrogen-bond donors (Lipinski definition) is 2. The van der Waals surface area contributed by atoms with Gasteiger partial charge in [-0.15, -0.1) is 0 Å². The summed E-state index contributed by atoms with van der Waals surface area (Å²) in [7, 11) is 0. The van der Waals surface area contributed by atoms with Gasteiger partial charge >= 0.3 is 0 Å². The van der Waals surface area contributed by atoms with Gasteiger partial charge in [-0.05, 0) is 25.3 Å². The molecule has 1 fully saturated rings. The molecule has 1 heterocycles. The van der Waals surface area contributed by atoms with Crippen LogP contribution in [0.1, 0.15) is 12.8 Å². The lowest BCUT2D eigenvalue weighted by Crippen LogP contribution is -2.41. The number of carbonyl (C=O) groups is 1. The van der Waals surface area contributed by atoms with Crippen LogP contribution in [-0.4, -0.2) is 42.2 Å². The predicted octanol–water partition coefficient (Wildman–Crippen LogP) is -0.824. The quantitative estimate of drug-likeness (QED) is 0.584. The van der Waals surface area contributed by atoms with Crippen LogP contribution >= 0.6 is 0 Å². The number of amides is 1. The molecule has 0 unspecified atom stereocenters. The van der Waals surface area contributed by atoms with E-state index in [2.05, 4.69) is 0 Å². The normalized spacial score (nSPS) is 25.6. The van der Waals surface area contributed by atoms with E-state index in [0.717, 1.165) is 25.9 Å². The van der Waals surface area contributed by atoms with Crippen molar-refractivity contribution >= 4 is 5.91 Å². The maximum absolute atomic E-state index is 10.6. The molecule has 1 atom stereocenters. The summed E-state index contributed by atoms with van der Waals surface area (Å²) in [6.45, 7) is 2.28. The highest BCUT2D eigenvalue weighted by Crippen LogP contribution is 2.14. The van der Waals surface area contributed by atoms with Gasteiger partial charge in [-0.2, -0.15) is 0 Å². The van der Waals surface area contributed by atoms with Crippen LogP contribution in [0.4, 0.5) is 0 Å². The van der Waals surface area contributed by atoms with E-state index in [1.165, 1.54) is 0 Å². The number of nitrogens with zero attached hydrogens (tertiary/aromatic N) is 1. The van der Waals surface area contributed by atoms with Gasteiger partial charge in [0.1, 0.15) is 0 Å². The van der Waals surface area contributed by atoms with Crippen LogP contribution in [0, 0.1) is 5.92 Å². The predicted molar refractivity (Wildman–Crippen MR) is 45.4 cm³/mol. The highest BCUT2D eigenvalue weighted by atomic mass is 16.3. The molecule has 1 aliphatic rings. The Morgan fingerprint density at radius 3 is 3.00 bits per heavy atom. The second-order valence-electron chi connectivity index (χ2n) is 3.39. The lowest BCUT2D eigenvalue weighted by molar-refractivity contribution is -0.119. The van der Waals surface area contributed by atoms with Crippen LogP contribution in [0.15, 0.2) is 0 Å². The molecule has 3 N–H and O–H groups in total. The minimum absolute atomic E-state index is 0.218. The van der Waals surface area contributed by atoms with E-state index < -0.39 is 0 Å². The van der Waals surface area contributed by atoms with Crippen LogP contribution < -0.4 is 5.73 Å². The molecule has 1 saturated heterocycles. The number of hydrogen-bond acceptors (Lipinski definition) is 3. The SMILES string of the molecule is NC(=O)CN1CCC[C@H](CO)C1. The number of aliphatic hydroxyl groups is 1. The molecule has 12 heavy (non-hydrogen) atoms. The molecule has 0 aromatic carbocycles. The van der Waals surface area contributed by atoms with Crippen molar-refractivity contribution in [1.82, 2.24) is 4.90 Å². The Kier molecular flexibility index (Phi) is 3.49. The zero-order valence-electron chi connectivity index (χ0n) is 7.20. The Labute approximate surface area is 72.3 Å². The summed E-state index contributed by atoms with van der Waals surface area (Å²) in [5.41, 5.74) is 5.07. The summed E-state index contributed by atoms with van der Waals surface area (Å²) in [6, 6.07) is 0. The highest BCUT2D eigenvalue weighted by molar-refractivity contribution is 5.75. The average Bonchev–Trinajstić information content (AvgIpc) is 2.03. The van der Waals surface area contributed by atoms with Crippen molar-refractivity contribution in [2.24, 2.45) is 11.7 Å². The molecule has 0 saturated carbocycles. The first-order valence-electron chi connectivity index (χ1n) is 4.34. The molecule has 1 rings (SSSR count). The van der Waals surface area contributed by atoms with Crippen molar-refractivity contribution in [3.05, 3.63) is 0 Å². The fourth-order valence-electron chi connectivity index (χ4n) is 1.66. The van der Waals surface area contributed by atoms with Crippen molar-refractivity contribution < 1.29 is 9.90 Å². The summed E-state index contributed by atoms with van der Waals surface area (Å²) >= 11 is 0. The molecule has 4 nitrogen and oxygen atoms in total. The fourth-order valence-corrected chi connectivity index (χ4v) is 1.66. The van der Waals surface area contributed by atoms with Gasteiger partial charge in [0.15, 0.2) is 0 Å². The first kappa shape index (κ1) is 9.48. The average molecular weight is 172 g/mol. The lowest BCUT2D eigenvalue weighted by Gasteiger charge is -2.30. The zero-order chi connectivity index (χ0) is 8.97. The molecular formula is C8H16N2O2. The Bertz CT molecular complexity index is 161. The molecule has 4 heteroatoms. The van der Waals surface area contributed by atoms with Crippen molar-refractivity contribution in [2.75, 3.05) is 26.2 Å². The number of aliphatic hydroxyl groups excluding tert-OH is 1. The summed E-state index contributed by atoms with van der Waals surface area (Å²) < 4.78 is 0. The lowest BCUT2D eigenvalue weighted by atomic mass is 9.99. The Morgan fingerprint density at radius 1 is 1.67 bits per heavy atom. The smallest absolute Gasteiger partial charge is 0.231 e. The topological polar surface area (TPSA) is 66.6 Å². The molecule has 70 valence electrons. The van der Waals surface area contributed by atoms with Gasteiger partial charge in [-0.25, -0.2) is 0 Å². The van der Waals surface area contributed by atoms with Gasteiger partial charge in [-0.1, -0.05) is 0 Å². The number of piperidine rings is 1. The number of rotatable bonds is 3. The highest BCUT2D eigenvalue weighted by Gasteiger charge is 2.19. The number of primary amides is 1. The first-order valence-corrected chi connectivity index (χ1v) is 4.34. The van der Waals surface area contributed by atoms with E-state index in [1.807, 2.05) is 4.90 Å². The van der Waals surface area contributed by atoms with Crippen molar-refractivity contribution in [2.45, 2.75) is 12.8 Å². The Hall–Kier alpha value is -0.610. The van der Waals surface area contributed by atoms with Crippen LogP contribution in [0.5, 0.6) is 0 Å². The molecule has 0 aliphatic carbocycles. The number of likely N-dealkylation sites (tertiary alicyclic amines) is 1. The van der Waals surface area contributed by atoms with Crippen molar-refractivity contribution in [1.29, 1.82) is 0 Å². The zero-order valence-corrected chi connectivity index (χ0v) is 7.20. The van der Waals surface area contributed by atoms with E-state index in [1.54, 1.807) is 0 Å². The third-order valence-corrected chi connectivity index (χ3v) is 2.24. The van der Waals surface area contributed by atoms with E-state index in [0.29, 0.717) is 12.5 Å². The van der Waals surface area contributed by atoms with Crippen molar-refractivity contribution in [3.63, 3.8) is 0 Å². The van der Waals surface area contributed by atoms with Gasteiger partial charge < -0.3 is 10.8 Å². The molecule has 1 amide bonds. The minimum Gasteiger partial charge on any atom is -0.396 e. The van der Waals surface area contributed by atoms with Gasteiger partial charge in [0, 0.05) is 13.2 Å². The van der Waals surface area contributed by atoms with E-state index in [-0.39, 0.29) is 12.5 Å². The molecule has 0 aromatic rings. The third-order valence-electron chi connectivity index (χ3n) is 2.24. The number of carbonyl (C=O) groups excluding carboxylic acids is 1. The fraction of sp³-hybridized carbons (Fsp3) is 0.875. The van der Waals surface area contributed by atoms with Gasteiger partial charge in [-0.3, -0.25) is 9.69 Å². The summed E-state index contributed by atoms with van der Waals surface area (Å²) in [6.07, 6.45) is 2.12. The molecule has 0 aromatic heterocycles. The van der Waals surface area contributed by atoms with Crippen molar-refractivity contribution in [3.8, 4) is 0 Å². The van der Waals surface area contributed by atoms with E-state index in [9.17, 15) is 4.79 Å². The maximum atomic E-state index is 10.6. The second kappa shape index (κ2) is 4.42. The summed E-state index contributed by atoms with van der Waals surface area (Å²) in [5, 5.41) is 8.90. The molecular weight excluding hydrogens is 156 g/mol. The molecule has 0 spiro atoms. The number of nitrogens with two attached hydrogens (primary N) is 1. The largest absolute Gasteiger partial charge is 0.396 e. The monoisotopic (exact) mass is 172 g/mol. The van der Waals surface area contributed by atoms with Gasteiger partial charge in [0.05, 0.1) is 6.54 Å². The van der Waals surface area contributed by atoms with Gasteiger partial charge in [0.2, 0.25) is 5.91 Å². The van der Waals surface area contributed by atoms with E-state index >= 15 is 0 Å². The summed E-state index contributed by atoms with van der Waals surface area (Å²) in [4.78, 5) is 12.6. The van der Waals surface area contributed by atoms with Crippen LogP contribution in [0.3, 0.4) is 0 Å². The Balaban J connectivity index is 2.30. The minimum atomic E-state index is -0.284. The van der Waals surface area contributed by atoms with Crippen LogP contribution in [-0.2, 0) is 4.79 Å². The van der Waals surface area contributed by atoms with Gasteiger partial charge in [0.25, 0.3) is 0 Å². The standard InChI is InChI=1S/C8H16N2O2/c9-8(12)5-10-3-1-2-7(4-10)6-11/h7,11H,1-6H2,(H2,9,12)/t7-/m0/s1. The second-order valence-corrected chi connectivity index (χ2v) is 3.39. The van der Waals surface area contributed by atoms with Crippen LogP contribution in [0.2, 0.25) is 0 Å². The van der Waals surface area contributed by atoms with E-state index in [4.69, 9.17) is 10.8 Å². The molecule has 0 bridgehead atoms. The maximum Gasteiger partial charge on any atom is 0.231 e.